The number of aromatic nitrogens is 1. The summed E-state index contributed by atoms with van der Waals surface area (Å²) in [5, 5.41) is 4.06. The first kappa shape index (κ1) is 15.8. The maximum absolute atomic E-state index is 6.37. The summed E-state index contributed by atoms with van der Waals surface area (Å²) >= 11 is 6.37. The van der Waals surface area contributed by atoms with Crippen LogP contribution in [0.25, 0.3) is 0 Å². The SMILES string of the molecule is CC(C)NCc1cnc(N(C)Cc2ccccc2)c(Cl)c1. The zero-order valence-electron chi connectivity index (χ0n) is 12.8. The quantitative estimate of drug-likeness (QED) is 0.878. The lowest BCUT2D eigenvalue weighted by Crippen LogP contribution is -2.22. The predicted molar refractivity (Wildman–Crippen MR) is 89.8 cm³/mol. The molecule has 0 fully saturated rings. The molecule has 112 valence electrons. The zero-order valence-corrected chi connectivity index (χ0v) is 13.6. The lowest BCUT2D eigenvalue weighted by molar-refractivity contribution is 0.588. The lowest BCUT2D eigenvalue weighted by Gasteiger charge is -2.20. The first-order chi connectivity index (χ1) is 10.1. The molecule has 0 aliphatic carbocycles. The third kappa shape index (κ3) is 4.73. The number of rotatable bonds is 6. The van der Waals surface area contributed by atoms with Crippen molar-refractivity contribution in [1.29, 1.82) is 0 Å². The van der Waals surface area contributed by atoms with Crippen LogP contribution >= 0.6 is 11.6 Å². The van der Waals surface area contributed by atoms with Crippen molar-refractivity contribution in [2.75, 3.05) is 11.9 Å². The van der Waals surface area contributed by atoms with Gasteiger partial charge in [-0.2, -0.15) is 0 Å². The van der Waals surface area contributed by atoms with Gasteiger partial charge in [0, 0.05) is 32.4 Å². The van der Waals surface area contributed by atoms with Crippen molar-refractivity contribution in [1.82, 2.24) is 10.3 Å². The molecule has 2 aromatic rings. The van der Waals surface area contributed by atoms with Crippen LogP contribution in [-0.2, 0) is 13.1 Å². The first-order valence-corrected chi connectivity index (χ1v) is 7.57. The normalized spacial score (nSPS) is 10.9. The number of nitrogens with zero attached hydrogens (tertiary/aromatic N) is 2. The highest BCUT2D eigenvalue weighted by molar-refractivity contribution is 6.33. The Balaban J connectivity index is 2.06. The Kier molecular flexibility index (Phi) is 5.59. The maximum Gasteiger partial charge on any atom is 0.147 e. The number of hydrogen-bond donors (Lipinski definition) is 1. The van der Waals surface area contributed by atoms with Crippen LogP contribution in [0.3, 0.4) is 0 Å². The number of hydrogen-bond acceptors (Lipinski definition) is 3. The molecule has 0 atom stereocenters. The molecule has 1 aromatic carbocycles. The Hall–Kier alpha value is -1.58. The number of nitrogens with one attached hydrogen (secondary N) is 1. The third-order valence-electron chi connectivity index (χ3n) is 3.22. The molecule has 0 radical (unpaired) electrons. The largest absolute Gasteiger partial charge is 0.354 e. The molecule has 0 amide bonds. The van der Waals surface area contributed by atoms with E-state index in [1.54, 1.807) is 0 Å². The molecular formula is C17H22ClN3. The van der Waals surface area contributed by atoms with Crippen molar-refractivity contribution in [3.63, 3.8) is 0 Å². The van der Waals surface area contributed by atoms with E-state index in [0.29, 0.717) is 11.1 Å². The van der Waals surface area contributed by atoms with Crippen LogP contribution in [0.5, 0.6) is 0 Å². The second-order valence-corrected chi connectivity index (χ2v) is 5.93. The smallest absolute Gasteiger partial charge is 0.147 e. The molecule has 3 nitrogen and oxygen atoms in total. The van der Waals surface area contributed by atoms with E-state index in [0.717, 1.165) is 24.5 Å². The number of pyridine rings is 1. The molecular weight excluding hydrogens is 282 g/mol. The number of halogens is 1. The molecule has 0 aliphatic heterocycles. The molecule has 1 heterocycles. The molecule has 1 aromatic heterocycles. The average Bonchev–Trinajstić information content (AvgIpc) is 2.46. The van der Waals surface area contributed by atoms with E-state index in [2.05, 4.69) is 41.2 Å². The van der Waals surface area contributed by atoms with E-state index >= 15 is 0 Å². The van der Waals surface area contributed by atoms with Crippen molar-refractivity contribution >= 4 is 17.4 Å². The number of anilines is 1. The summed E-state index contributed by atoms with van der Waals surface area (Å²) in [6, 6.07) is 12.7. The Morgan fingerprint density at radius 1 is 1.19 bits per heavy atom. The summed E-state index contributed by atoms with van der Waals surface area (Å²) in [5.41, 5.74) is 2.34. The standard InChI is InChI=1S/C17H22ClN3/c1-13(2)19-10-15-9-16(18)17(20-11-15)21(3)12-14-7-5-4-6-8-14/h4-9,11,13,19H,10,12H2,1-3H3. The number of benzene rings is 1. The summed E-state index contributed by atoms with van der Waals surface area (Å²) in [4.78, 5) is 6.57. The molecule has 0 bridgehead atoms. The van der Waals surface area contributed by atoms with E-state index in [1.807, 2.05) is 37.5 Å². The van der Waals surface area contributed by atoms with Crippen molar-refractivity contribution in [2.45, 2.75) is 33.0 Å². The van der Waals surface area contributed by atoms with E-state index in [4.69, 9.17) is 11.6 Å². The van der Waals surface area contributed by atoms with Crippen LogP contribution in [0.1, 0.15) is 25.0 Å². The highest BCUT2D eigenvalue weighted by atomic mass is 35.5. The summed E-state index contributed by atoms with van der Waals surface area (Å²) in [6.45, 7) is 5.82. The van der Waals surface area contributed by atoms with Crippen LogP contribution in [-0.4, -0.2) is 18.1 Å². The van der Waals surface area contributed by atoms with Crippen molar-refractivity contribution in [3.8, 4) is 0 Å². The molecule has 0 saturated carbocycles. The van der Waals surface area contributed by atoms with Gasteiger partial charge in [-0.05, 0) is 17.2 Å². The van der Waals surface area contributed by atoms with E-state index in [1.165, 1.54) is 5.56 Å². The fourth-order valence-corrected chi connectivity index (χ4v) is 2.44. The zero-order chi connectivity index (χ0) is 15.2. The molecule has 2 rings (SSSR count). The highest BCUT2D eigenvalue weighted by Gasteiger charge is 2.09. The average molecular weight is 304 g/mol. The highest BCUT2D eigenvalue weighted by Crippen LogP contribution is 2.24. The van der Waals surface area contributed by atoms with Gasteiger partial charge in [0.05, 0.1) is 5.02 Å². The minimum absolute atomic E-state index is 0.448. The van der Waals surface area contributed by atoms with Crippen LogP contribution in [0, 0.1) is 0 Å². The van der Waals surface area contributed by atoms with Gasteiger partial charge in [0.25, 0.3) is 0 Å². The fourth-order valence-electron chi connectivity index (χ4n) is 2.10. The van der Waals surface area contributed by atoms with E-state index in [-0.39, 0.29) is 0 Å². The fraction of sp³-hybridized carbons (Fsp3) is 0.353. The summed E-state index contributed by atoms with van der Waals surface area (Å²) in [5.74, 6) is 0.814. The molecule has 0 aliphatic rings. The monoisotopic (exact) mass is 303 g/mol. The molecule has 21 heavy (non-hydrogen) atoms. The topological polar surface area (TPSA) is 28.2 Å². The van der Waals surface area contributed by atoms with Crippen molar-refractivity contribution in [2.24, 2.45) is 0 Å². The molecule has 0 unspecified atom stereocenters. The van der Waals surface area contributed by atoms with Crippen molar-refractivity contribution in [3.05, 3.63) is 58.7 Å². The third-order valence-corrected chi connectivity index (χ3v) is 3.50. The van der Waals surface area contributed by atoms with Gasteiger partial charge in [-0.25, -0.2) is 4.98 Å². The van der Waals surface area contributed by atoms with E-state index in [9.17, 15) is 0 Å². The van der Waals surface area contributed by atoms with Crippen LogP contribution < -0.4 is 10.2 Å². The minimum atomic E-state index is 0.448. The molecule has 0 spiro atoms. The van der Waals surface area contributed by atoms with Crippen LogP contribution in [0.15, 0.2) is 42.6 Å². The Bertz CT molecular complexity index is 570. The minimum Gasteiger partial charge on any atom is -0.354 e. The Labute approximate surface area is 132 Å². The second-order valence-electron chi connectivity index (χ2n) is 5.53. The summed E-state index contributed by atoms with van der Waals surface area (Å²) in [6.07, 6.45) is 1.89. The van der Waals surface area contributed by atoms with Crippen LogP contribution in [0.2, 0.25) is 5.02 Å². The van der Waals surface area contributed by atoms with Gasteiger partial charge in [-0.1, -0.05) is 55.8 Å². The van der Waals surface area contributed by atoms with Gasteiger partial charge in [0.2, 0.25) is 0 Å². The predicted octanol–water partition coefficient (Wildman–Crippen LogP) is 3.87. The van der Waals surface area contributed by atoms with Gasteiger partial charge in [-0.15, -0.1) is 0 Å². The summed E-state index contributed by atoms with van der Waals surface area (Å²) < 4.78 is 0. The van der Waals surface area contributed by atoms with Crippen LogP contribution in [0.4, 0.5) is 5.82 Å². The van der Waals surface area contributed by atoms with Crippen molar-refractivity contribution < 1.29 is 0 Å². The second kappa shape index (κ2) is 7.43. The molecule has 4 heteroatoms. The lowest BCUT2D eigenvalue weighted by atomic mass is 10.2. The van der Waals surface area contributed by atoms with Gasteiger partial charge in [-0.3, -0.25) is 0 Å². The first-order valence-electron chi connectivity index (χ1n) is 7.19. The van der Waals surface area contributed by atoms with Gasteiger partial charge in [0.15, 0.2) is 0 Å². The van der Waals surface area contributed by atoms with Gasteiger partial charge >= 0.3 is 0 Å². The van der Waals surface area contributed by atoms with Gasteiger partial charge in [0.1, 0.15) is 5.82 Å². The maximum atomic E-state index is 6.37. The Morgan fingerprint density at radius 2 is 1.90 bits per heavy atom. The molecule has 1 N–H and O–H groups in total. The Morgan fingerprint density at radius 3 is 2.52 bits per heavy atom. The van der Waals surface area contributed by atoms with Gasteiger partial charge < -0.3 is 10.2 Å². The molecule has 0 saturated heterocycles. The van der Waals surface area contributed by atoms with E-state index < -0.39 is 0 Å². The summed E-state index contributed by atoms with van der Waals surface area (Å²) in [7, 11) is 2.01.